The van der Waals surface area contributed by atoms with Crippen molar-refractivity contribution in [2.75, 3.05) is 13.7 Å². The van der Waals surface area contributed by atoms with Crippen molar-refractivity contribution in [3.05, 3.63) is 64.7 Å². The van der Waals surface area contributed by atoms with Crippen molar-refractivity contribution in [2.24, 2.45) is 0 Å². The molecular formula is C22H25NO4. The van der Waals surface area contributed by atoms with Gasteiger partial charge < -0.3 is 14.4 Å². The summed E-state index contributed by atoms with van der Waals surface area (Å²) in [4.78, 5) is 26.7. The number of nitrogens with zero attached hydrogens (tertiary/aromatic N) is 1. The lowest BCUT2D eigenvalue weighted by atomic mass is 10.1. The van der Waals surface area contributed by atoms with Gasteiger partial charge in [-0.1, -0.05) is 18.2 Å². The third kappa shape index (κ3) is 4.88. The SMILES string of the molecule is COc1ccc(CN(C(=O)COC(=O)c2ccc(C)c(C)c2)C2CC2)cc1. The Balaban J connectivity index is 1.59. The number of ether oxygens (including phenoxy) is 2. The fourth-order valence-corrected chi connectivity index (χ4v) is 2.90. The zero-order valence-electron chi connectivity index (χ0n) is 16.0. The van der Waals surface area contributed by atoms with Gasteiger partial charge in [-0.2, -0.15) is 0 Å². The van der Waals surface area contributed by atoms with Crippen molar-refractivity contribution in [3.8, 4) is 5.75 Å². The van der Waals surface area contributed by atoms with Crippen LogP contribution < -0.4 is 4.74 Å². The molecule has 0 spiro atoms. The van der Waals surface area contributed by atoms with Crippen molar-refractivity contribution in [2.45, 2.75) is 39.3 Å². The largest absolute Gasteiger partial charge is 0.497 e. The molecule has 0 radical (unpaired) electrons. The van der Waals surface area contributed by atoms with Gasteiger partial charge >= 0.3 is 5.97 Å². The fourth-order valence-electron chi connectivity index (χ4n) is 2.90. The van der Waals surface area contributed by atoms with Crippen LogP contribution in [0.25, 0.3) is 0 Å². The highest BCUT2D eigenvalue weighted by Gasteiger charge is 2.33. The molecular weight excluding hydrogens is 342 g/mol. The number of carbonyl (C=O) groups excluding carboxylic acids is 2. The predicted octanol–water partition coefficient (Wildman–Crippen LogP) is 3.66. The van der Waals surface area contributed by atoms with Crippen LogP contribution >= 0.6 is 0 Å². The average molecular weight is 367 g/mol. The van der Waals surface area contributed by atoms with Crippen LogP contribution in [0.15, 0.2) is 42.5 Å². The van der Waals surface area contributed by atoms with E-state index in [1.807, 2.05) is 44.2 Å². The Bertz CT molecular complexity index is 825. The molecule has 5 nitrogen and oxygen atoms in total. The third-order valence-electron chi connectivity index (χ3n) is 4.89. The zero-order chi connectivity index (χ0) is 19.4. The number of rotatable bonds is 7. The second-order valence-electron chi connectivity index (χ2n) is 6.98. The molecule has 5 heteroatoms. The van der Waals surface area contributed by atoms with Crippen molar-refractivity contribution in [3.63, 3.8) is 0 Å². The smallest absolute Gasteiger partial charge is 0.338 e. The van der Waals surface area contributed by atoms with E-state index in [1.165, 1.54) is 0 Å². The van der Waals surface area contributed by atoms with E-state index in [2.05, 4.69) is 0 Å². The van der Waals surface area contributed by atoms with Crippen molar-refractivity contribution >= 4 is 11.9 Å². The van der Waals surface area contributed by atoms with Crippen LogP contribution in [-0.2, 0) is 16.1 Å². The molecule has 0 saturated heterocycles. The minimum absolute atomic E-state index is 0.162. The van der Waals surface area contributed by atoms with Gasteiger partial charge in [-0.15, -0.1) is 0 Å². The molecule has 0 aromatic heterocycles. The summed E-state index contributed by atoms with van der Waals surface area (Å²) in [6, 6.07) is 13.3. The van der Waals surface area contributed by atoms with E-state index in [0.29, 0.717) is 12.1 Å². The molecule has 3 rings (SSSR count). The number of aryl methyl sites for hydroxylation is 2. The predicted molar refractivity (Wildman–Crippen MR) is 103 cm³/mol. The van der Waals surface area contributed by atoms with Crippen LogP contribution in [0.4, 0.5) is 0 Å². The summed E-state index contributed by atoms with van der Waals surface area (Å²) in [7, 11) is 1.62. The van der Waals surface area contributed by atoms with E-state index in [0.717, 1.165) is 35.3 Å². The Kier molecular flexibility index (Phi) is 5.79. The zero-order valence-corrected chi connectivity index (χ0v) is 16.0. The first kappa shape index (κ1) is 19.0. The van der Waals surface area contributed by atoms with Gasteiger partial charge in [0.25, 0.3) is 5.91 Å². The van der Waals surface area contributed by atoms with E-state index >= 15 is 0 Å². The number of benzene rings is 2. The normalized spacial score (nSPS) is 13.1. The molecule has 1 fully saturated rings. The molecule has 0 heterocycles. The summed E-state index contributed by atoms with van der Waals surface area (Å²) < 4.78 is 10.4. The molecule has 1 aliphatic rings. The van der Waals surface area contributed by atoms with Gasteiger partial charge in [0.2, 0.25) is 0 Å². The number of carbonyl (C=O) groups is 2. The summed E-state index contributed by atoms with van der Waals surface area (Å²) in [5, 5.41) is 0. The topological polar surface area (TPSA) is 55.8 Å². The highest BCUT2D eigenvalue weighted by molar-refractivity contribution is 5.91. The Labute approximate surface area is 159 Å². The third-order valence-corrected chi connectivity index (χ3v) is 4.89. The molecule has 0 aliphatic heterocycles. The Morgan fingerprint density at radius 3 is 2.33 bits per heavy atom. The van der Waals surface area contributed by atoms with E-state index in [4.69, 9.17) is 9.47 Å². The molecule has 1 amide bonds. The van der Waals surface area contributed by atoms with Crippen LogP contribution in [0.2, 0.25) is 0 Å². The summed E-state index contributed by atoms with van der Waals surface area (Å²) in [6.07, 6.45) is 1.99. The van der Waals surface area contributed by atoms with Crippen LogP contribution in [0.3, 0.4) is 0 Å². The maximum absolute atomic E-state index is 12.6. The van der Waals surface area contributed by atoms with Crippen LogP contribution in [0.1, 0.15) is 39.9 Å². The van der Waals surface area contributed by atoms with Crippen LogP contribution in [-0.4, -0.2) is 36.5 Å². The summed E-state index contributed by atoms with van der Waals surface area (Å²) in [5.41, 5.74) is 3.63. The molecule has 1 saturated carbocycles. The van der Waals surface area contributed by atoms with Gasteiger partial charge in [-0.3, -0.25) is 4.79 Å². The molecule has 2 aromatic carbocycles. The molecule has 0 atom stereocenters. The maximum Gasteiger partial charge on any atom is 0.338 e. The molecule has 142 valence electrons. The lowest BCUT2D eigenvalue weighted by Crippen LogP contribution is -2.36. The van der Waals surface area contributed by atoms with E-state index in [1.54, 1.807) is 24.1 Å². The van der Waals surface area contributed by atoms with Crippen LogP contribution in [0.5, 0.6) is 5.75 Å². The molecule has 0 N–H and O–H groups in total. The monoisotopic (exact) mass is 367 g/mol. The van der Waals surface area contributed by atoms with Gasteiger partial charge in [0, 0.05) is 12.6 Å². The van der Waals surface area contributed by atoms with Crippen LogP contribution in [0, 0.1) is 13.8 Å². The van der Waals surface area contributed by atoms with Gasteiger partial charge in [-0.05, 0) is 67.6 Å². The summed E-state index contributed by atoms with van der Waals surface area (Å²) >= 11 is 0. The highest BCUT2D eigenvalue weighted by atomic mass is 16.5. The maximum atomic E-state index is 12.6. The van der Waals surface area contributed by atoms with Gasteiger partial charge in [0.05, 0.1) is 12.7 Å². The van der Waals surface area contributed by atoms with Crippen molar-refractivity contribution in [1.29, 1.82) is 0 Å². The average Bonchev–Trinajstić information content (AvgIpc) is 3.51. The second-order valence-corrected chi connectivity index (χ2v) is 6.98. The first-order valence-corrected chi connectivity index (χ1v) is 9.14. The van der Waals surface area contributed by atoms with Gasteiger partial charge in [-0.25, -0.2) is 4.79 Å². The van der Waals surface area contributed by atoms with E-state index < -0.39 is 5.97 Å². The minimum atomic E-state index is -0.466. The number of esters is 1. The first-order valence-electron chi connectivity index (χ1n) is 9.14. The van der Waals surface area contributed by atoms with Crippen molar-refractivity contribution in [1.82, 2.24) is 4.90 Å². The highest BCUT2D eigenvalue weighted by Crippen LogP contribution is 2.29. The van der Waals surface area contributed by atoms with E-state index in [-0.39, 0.29) is 18.6 Å². The molecule has 0 bridgehead atoms. The number of hydrogen-bond donors (Lipinski definition) is 0. The summed E-state index contributed by atoms with van der Waals surface area (Å²) in [6.45, 7) is 4.20. The summed E-state index contributed by atoms with van der Waals surface area (Å²) in [5.74, 6) is 0.155. The fraction of sp³-hybridized carbons (Fsp3) is 0.364. The number of methoxy groups -OCH3 is 1. The standard InChI is InChI=1S/C22H25NO4/c1-15-4-7-18(12-16(15)2)22(25)27-14-21(24)23(19-8-9-19)13-17-5-10-20(26-3)11-6-17/h4-7,10-12,19H,8-9,13-14H2,1-3H3. The number of amides is 1. The van der Waals surface area contributed by atoms with Crippen molar-refractivity contribution < 1.29 is 19.1 Å². The Morgan fingerprint density at radius 2 is 1.74 bits per heavy atom. The lowest BCUT2D eigenvalue weighted by Gasteiger charge is -2.22. The Hall–Kier alpha value is -2.82. The van der Waals surface area contributed by atoms with E-state index in [9.17, 15) is 9.59 Å². The molecule has 0 unspecified atom stereocenters. The molecule has 27 heavy (non-hydrogen) atoms. The van der Waals surface area contributed by atoms with Gasteiger partial charge in [0.1, 0.15) is 5.75 Å². The minimum Gasteiger partial charge on any atom is -0.497 e. The second kappa shape index (κ2) is 8.25. The molecule has 2 aromatic rings. The Morgan fingerprint density at radius 1 is 1.04 bits per heavy atom. The first-order chi connectivity index (χ1) is 13.0. The quantitative estimate of drug-likeness (QED) is 0.701. The number of hydrogen-bond acceptors (Lipinski definition) is 4. The molecule has 1 aliphatic carbocycles. The lowest BCUT2D eigenvalue weighted by molar-refractivity contribution is -0.135. The van der Waals surface area contributed by atoms with Gasteiger partial charge in [0.15, 0.2) is 6.61 Å².